The molecule has 0 spiro atoms. The van der Waals surface area contributed by atoms with Crippen LogP contribution in [0, 0.1) is 0 Å². The summed E-state index contributed by atoms with van der Waals surface area (Å²) in [5, 5.41) is 0. The predicted molar refractivity (Wildman–Crippen MR) is 43.2 cm³/mol. The summed E-state index contributed by atoms with van der Waals surface area (Å²) in [6.07, 6.45) is 5.90. The number of allylic oxidation sites excluding steroid dienone is 3. The molecule has 0 radical (unpaired) electrons. The molecule has 0 unspecified atom stereocenters. The molecule has 0 bridgehead atoms. The fourth-order valence-corrected chi connectivity index (χ4v) is 0.980. The third-order valence-corrected chi connectivity index (χ3v) is 1.55. The first-order chi connectivity index (χ1) is 5.79. The van der Waals surface area contributed by atoms with E-state index in [0.29, 0.717) is 5.70 Å². The van der Waals surface area contributed by atoms with Crippen LogP contribution in [-0.2, 0) is 9.59 Å². The minimum Gasteiger partial charge on any atom is -0.284 e. The van der Waals surface area contributed by atoms with Gasteiger partial charge in [-0.2, -0.15) is 0 Å². The number of carbonyl (C=O) groups is 2. The van der Waals surface area contributed by atoms with E-state index in [9.17, 15) is 9.59 Å². The molecular formula is C8H4N2O2. The van der Waals surface area contributed by atoms with Crippen LogP contribution in [-0.4, -0.2) is 24.0 Å². The standard InChI is InChI=1S/C8H4N2O2/c11-6-4-10-7(8(6)12)5-2-1-3-9-5/h1-4H. The molecule has 0 N–H and O–H groups in total. The zero-order valence-corrected chi connectivity index (χ0v) is 6.02. The van der Waals surface area contributed by atoms with E-state index < -0.39 is 11.6 Å². The third kappa shape index (κ3) is 0.852. The largest absolute Gasteiger partial charge is 0.284 e. The summed E-state index contributed by atoms with van der Waals surface area (Å²) in [4.78, 5) is 29.3. The normalized spacial score (nSPS) is 26.3. The molecule has 12 heavy (non-hydrogen) atoms. The molecule has 0 saturated carbocycles. The fourth-order valence-electron chi connectivity index (χ4n) is 0.980. The number of aliphatic imine (C=N–C) groups is 2. The van der Waals surface area contributed by atoms with Gasteiger partial charge in [-0.3, -0.25) is 14.6 Å². The second-order valence-corrected chi connectivity index (χ2v) is 2.32. The lowest BCUT2D eigenvalue weighted by Gasteiger charge is -1.91. The second kappa shape index (κ2) is 2.34. The lowest BCUT2D eigenvalue weighted by Crippen LogP contribution is -2.09. The molecule has 0 saturated heterocycles. The molecule has 4 nitrogen and oxygen atoms in total. The Bertz CT molecular complexity index is 372. The number of ketones is 2. The second-order valence-electron chi connectivity index (χ2n) is 2.32. The molecular weight excluding hydrogens is 156 g/mol. The number of hydrogen-bond donors (Lipinski definition) is 0. The number of nitrogens with zero attached hydrogens (tertiary/aromatic N) is 2. The molecule has 0 aromatic rings. The van der Waals surface area contributed by atoms with Gasteiger partial charge in [0.15, 0.2) is 0 Å². The zero-order valence-electron chi connectivity index (χ0n) is 6.02. The maximum Gasteiger partial charge on any atom is 0.255 e. The van der Waals surface area contributed by atoms with Crippen LogP contribution in [0.5, 0.6) is 0 Å². The molecule has 0 amide bonds. The van der Waals surface area contributed by atoms with E-state index in [1.54, 1.807) is 18.4 Å². The molecule has 0 aromatic carbocycles. The first-order valence-electron chi connectivity index (χ1n) is 3.37. The van der Waals surface area contributed by atoms with Gasteiger partial charge in [0.25, 0.3) is 5.78 Å². The van der Waals surface area contributed by atoms with Crippen LogP contribution in [0.25, 0.3) is 0 Å². The summed E-state index contributed by atoms with van der Waals surface area (Å²) in [7, 11) is 0. The van der Waals surface area contributed by atoms with Crippen LogP contribution in [0.2, 0.25) is 0 Å². The van der Waals surface area contributed by atoms with Crippen molar-refractivity contribution in [1.82, 2.24) is 0 Å². The number of rotatable bonds is 0. The highest BCUT2D eigenvalue weighted by atomic mass is 16.2. The van der Waals surface area contributed by atoms with E-state index in [2.05, 4.69) is 9.98 Å². The van der Waals surface area contributed by atoms with Gasteiger partial charge >= 0.3 is 0 Å². The van der Waals surface area contributed by atoms with Crippen molar-refractivity contribution in [3.63, 3.8) is 0 Å². The van der Waals surface area contributed by atoms with E-state index in [-0.39, 0.29) is 5.70 Å². The van der Waals surface area contributed by atoms with Crippen molar-refractivity contribution in [2.75, 3.05) is 0 Å². The average molecular weight is 160 g/mol. The molecule has 2 aliphatic rings. The molecule has 2 aliphatic heterocycles. The third-order valence-electron chi connectivity index (χ3n) is 1.55. The first-order valence-corrected chi connectivity index (χ1v) is 3.37. The highest BCUT2D eigenvalue weighted by Crippen LogP contribution is 2.16. The van der Waals surface area contributed by atoms with Crippen molar-refractivity contribution >= 4 is 24.0 Å². The quantitative estimate of drug-likeness (QED) is 0.371. The molecule has 0 aliphatic carbocycles. The van der Waals surface area contributed by atoms with Gasteiger partial charge < -0.3 is 0 Å². The SMILES string of the molecule is O=C1C=NC(=C2C=CC=N2)C1=O. The van der Waals surface area contributed by atoms with E-state index in [0.717, 1.165) is 6.21 Å². The van der Waals surface area contributed by atoms with Crippen molar-refractivity contribution in [2.24, 2.45) is 9.98 Å². The van der Waals surface area contributed by atoms with Crippen LogP contribution < -0.4 is 0 Å². The Hall–Kier alpha value is -1.84. The number of Topliss-reactive ketones (excluding diaryl/α,β-unsaturated/α-hetero) is 2. The van der Waals surface area contributed by atoms with Gasteiger partial charge in [-0.1, -0.05) is 0 Å². The van der Waals surface area contributed by atoms with E-state index in [4.69, 9.17) is 0 Å². The Kier molecular flexibility index (Phi) is 1.33. The Balaban J connectivity index is 2.50. The summed E-state index contributed by atoms with van der Waals surface area (Å²) >= 11 is 0. The molecule has 58 valence electrons. The smallest absolute Gasteiger partial charge is 0.255 e. The van der Waals surface area contributed by atoms with Gasteiger partial charge in [-0.05, 0) is 12.2 Å². The Morgan fingerprint density at radius 2 is 2.00 bits per heavy atom. The van der Waals surface area contributed by atoms with Gasteiger partial charge in [0.1, 0.15) is 5.70 Å². The van der Waals surface area contributed by atoms with Crippen molar-refractivity contribution in [3.8, 4) is 0 Å². The Morgan fingerprint density at radius 1 is 1.17 bits per heavy atom. The molecule has 0 atom stereocenters. The highest BCUT2D eigenvalue weighted by molar-refractivity contribution is 6.65. The van der Waals surface area contributed by atoms with Crippen molar-refractivity contribution < 1.29 is 9.59 Å². The van der Waals surface area contributed by atoms with Gasteiger partial charge in [0, 0.05) is 6.21 Å². The topological polar surface area (TPSA) is 58.9 Å². The fraction of sp³-hybridized carbons (Fsp3) is 0. The predicted octanol–water partition coefficient (Wildman–Crippen LogP) is 0.0612. The maximum atomic E-state index is 11.1. The summed E-state index contributed by atoms with van der Waals surface area (Å²) in [5.41, 5.74) is 0.604. The van der Waals surface area contributed by atoms with Crippen molar-refractivity contribution in [3.05, 3.63) is 23.5 Å². The first kappa shape index (κ1) is 6.84. The summed E-state index contributed by atoms with van der Waals surface area (Å²) < 4.78 is 0. The number of carbonyl (C=O) groups excluding carboxylic acids is 2. The van der Waals surface area contributed by atoms with Crippen LogP contribution in [0.3, 0.4) is 0 Å². The van der Waals surface area contributed by atoms with Gasteiger partial charge in [0.2, 0.25) is 5.78 Å². The van der Waals surface area contributed by atoms with Crippen LogP contribution in [0.4, 0.5) is 0 Å². The lowest BCUT2D eigenvalue weighted by atomic mass is 10.2. The monoisotopic (exact) mass is 160 g/mol. The van der Waals surface area contributed by atoms with Gasteiger partial charge in [0.05, 0.1) is 11.9 Å². The van der Waals surface area contributed by atoms with E-state index >= 15 is 0 Å². The molecule has 4 heteroatoms. The van der Waals surface area contributed by atoms with E-state index in [1.807, 2.05) is 0 Å². The lowest BCUT2D eigenvalue weighted by molar-refractivity contribution is -0.129. The number of hydrogen-bond acceptors (Lipinski definition) is 4. The minimum atomic E-state index is -0.576. The molecule has 0 fully saturated rings. The van der Waals surface area contributed by atoms with Gasteiger partial charge in [-0.15, -0.1) is 0 Å². The molecule has 2 heterocycles. The van der Waals surface area contributed by atoms with E-state index in [1.165, 1.54) is 0 Å². The van der Waals surface area contributed by atoms with Crippen LogP contribution in [0.15, 0.2) is 33.5 Å². The maximum absolute atomic E-state index is 11.1. The summed E-state index contributed by atoms with van der Waals surface area (Å²) in [5.74, 6) is -1.15. The van der Waals surface area contributed by atoms with Gasteiger partial charge in [-0.25, -0.2) is 4.99 Å². The van der Waals surface area contributed by atoms with Crippen LogP contribution >= 0.6 is 0 Å². The van der Waals surface area contributed by atoms with Crippen molar-refractivity contribution in [1.29, 1.82) is 0 Å². The van der Waals surface area contributed by atoms with Crippen LogP contribution in [0.1, 0.15) is 0 Å². The molecule has 2 rings (SSSR count). The minimum absolute atomic E-state index is 0.144. The summed E-state index contributed by atoms with van der Waals surface area (Å²) in [6.45, 7) is 0. The Morgan fingerprint density at radius 3 is 2.50 bits per heavy atom. The highest BCUT2D eigenvalue weighted by Gasteiger charge is 2.25. The van der Waals surface area contributed by atoms with Crippen molar-refractivity contribution in [2.45, 2.75) is 0 Å². The average Bonchev–Trinajstić information content (AvgIpc) is 2.64. The Labute approximate surface area is 68.0 Å². The molecule has 0 aromatic heterocycles. The summed E-state index contributed by atoms with van der Waals surface area (Å²) in [6, 6.07) is 0. The zero-order chi connectivity index (χ0) is 8.55.